The van der Waals surface area contributed by atoms with Gasteiger partial charge in [-0.3, -0.25) is 10.00 Å². The van der Waals surface area contributed by atoms with Gasteiger partial charge in [-0.25, -0.2) is 4.98 Å². The second kappa shape index (κ2) is 10.1. The smallest absolute Gasteiger partial charge is 0.153 e. The first-order chi connectivity index (χ1) is 16.7. The summed E-state index contributed by atoms with van der Waals surface area (Å²) in [5.74, 6) is 3.06. The number of hydrogen-bond acceptors (Lipinski definition) is 7. The van der Waals surface area contributed by atoms with Gasteiger partial charge >= 0.3 is 0 Å². The zero-order valence-electron chi connectivity index (χ0n) is 19.5. The van der Waals surface area contributed by atoms with E-state index in [9.17, 15) is 0 Å². The van der Waals surface area contributed by atoms with Crippen LogP contribution in [0.15, 0.2) is 54.6 Å². The molecule has 1 aliphatic heterocycles. The van der Waals surface area contributed by atoms with Crippen molar-refractivity contribution in [3.05, 3.63) is 60.3 Å². The Bertz CT molecular complexity index is 1270. The van der Waals surface area contributed by atoms with Gasteiger partial charge in [0.25, 0.3) is 0 Å². The second-order valence-corrected chi connectivity index (χ2v) is 8.33. The molecule has 34 heavy (non-hydrogen) atoms. The lowest BCUT2D eigenvalue weighted by Gasteiger charge is -2.26. The van der Waals surface area contributed by atoms with Gasteiger partial charge in [0.2, 0.25) is 0 Å². The van der Waals surface area contributed by atoms with Gasteiger partial charge in [0.1, 0.15) is 23.9 Å². The molecule has 2 aromatic carbocycles. The number of aromatic amines is 1. The summed E-state index contributed by atoms with van der Waals surface area (Å²) < 4.78 is 17.0. The van der Waals surface area contributed by atoms with Crippen LogP contribution in [0.5, 0.6) is 11.5 Å². The van der Waals surface area contributed by atoms with Crippen LogP contribution in [0.4, 0.5) is 11.6 Å². The van der Waals surface area contributed by atoms with Gasteiger partial charge in [-0.1, -0.05) is 12.1 Å². The van der Waals surface area contributed by atoms with Crippen LogP contribution in [0.3, 0.4) is 0 Å². The Labute approximate surface area is 198 Å². The Kier molecular flexibility index (Phi) is 6.60. The maximum absolute atomic E-state index is 6.10. The van der Waals surface area contributed by atoms with Gasteiger partial charge in [0, 0.05) is 42.3 Å². The summed E-state index contributed by atoms with van der Waals surface area (Å²) in [6.07, 6.45) is 0. The quantitative estimate of drug-likeness (QED) is 0.404. The molecule has 2 aromatic heterocycles. The van der Waals surface area contributed by atoms with Crippen LogP contribution in [-0.2, 0) is 4.74 Å². The number of fused-ring (bicyclic) bond motifs is 1. The summed E-state index contributed by atoms with van der Waals surface area (Å²) in [4.78, 5) is 7.29. The molecule has 4 aromatic rings. The molecule has 8 heteroatoms. The number of anilines is 2. The van der Waals surface area contributed by atoms with Gasteiger partial charge in [-0.2, -0.15) is 5.10 Å². The Hall–Kier alpha value is -3.62. The van der Waals surface area contributed by atoms with Crippen molar-refractivity contribution >= 4 is 22.4 Å². The standard InChI is InChI=1S/C26H29N5O3/c1-18-14-25(30-29-18)27-24-17-20-16-22(34-13-10-31-8-11-33-12-9-31)6-7-23(20)26(28-24)19-4-3-5-21(15-19)32-2/h3-7,14-17H,8-13H2,1-2H3,(H2,27,28,29,30). The lowest BCUT2D eigenvalue weighted by Crippen LogP contribution is -2.38. The minimum absolute atomic E-state index is 0.636. The van der Waals surface area contributed by atoms with E-state index in [1.165, 1.54) is 0 Å². The molecule has 0 unspecified atom stereocenters. The fourth-order valence-electron chi connectivity index (χ4n) is 4.11. The molecule has 0 radical (unpaired) electrons. The number of methoxy groups -OCH3 is 1. The Morgan fingerprint density at radius 1 is 1.03 bits per heavy atom. The van der Waals surface area contributed by atoms with Crippen LogP contribution in [0.25, 0.3) is 22.0 Å². The van der Waals surface area contributed by atoms with Gasteiger partial charge in [-0.05, 0) is 48.7 Å². The van der Waals surface area contributed by atoms with E-state index in [2.05, 4.69) is 32.5 Å². The Morgan fingerprint density at radius 3 is 2.71 bits per heavy atom. The van der Waals surface area contributed by atoms with Gasteiger partial charge in [0.05, 0.1) is 26.0 Å². The number of morpholine rings is 1. The van der Waals surface area contributed by atoms with E-state index in [0.29, 0.717) is 12.4 Å². The molecule has 0 spiro atoms. The molecule has 176 valence electrons. The van der Waals surface area contributed by atoms with Crippen molar-refractivity contribution in [1.29, 1.82) is 0 Å². The summed E-state index contributed by atoms with van der Waals surface area (Å²) >= 11 is 0. The molecule has 0 saturated carbocycles. The first kappa shape index (κ1) is 22.2. The lowest BCUT2D eigenvalue weighted by atomic mass is 10.0. The number of hydrogen-bond donors (Lipinski definition) is 2. The van der Waals surface area contributed by atoms with Crippen LogP contribution in [-0.4, -0.2) is 66.6 Å². The predicted molar refractivity (Wildman–Crippen MR) is 133 cm³/mol. The zero-order valence-corrected chi connectivity index (χ0v) is 19.5. The predicted octanol–water partition coefficient (Wildman–Crippen LogP) is 4.40. The zero-order chi connectivity index (χ0) is 23.3. The van der Waals surface area contributed by atoms with Gasteiger partial charge < -0.3 is 19.5 Å². The fourth-order valence-corrected chi connectivity index (χ4v) is 4.11. The van der Waals surface area contributed by atoms with E-state index >= 15 is 0 Å². The highest BCUT2D eigenvalue weighted by molar-refractivity contribution is 5.97. The molecule has 1 fully saturated rings. The van der Waals surface area contributed by atoms with Crippen molar-refractivity contribution in [1.82, 2.24) is 20.1 Å². The average Bonchev–Trinajstić information content (AvgIpc) is 3.28. The summed E-state index contributed by atoms with van der Waals surface area (Å²) in [5.41, 5.74) is 2.82. The average molecular weight is 460 g/mol. The number of nitrogens with zero attached hydrogens (tertiary/aromatic N) is 3. The monoisotopic (exact) mass is 459 g/mol. The molecule has 1 aliphatic rings. The third kappa shape index (κ3) is 5.13. The minimum Gasteiger partial charge on any atom is -0.497 e. The summed E-state index contributed by atoms with van der Waals surface area (Å²) in [6, 6.07) is 18.1. The fraction of sp³-hybridized carbons (Fsp3) is 0.308. The SMILES string of the molecule is COc1cccc(-c2nc(Nc3cc(C)[nH]n3)cc3cc(OCCN4CCOCC4)ccc23)c1. The van der Waals surface area contributed by atoms with E-state index in [-0.39, 0.29) is 0 Å². The third-order valence-electron chi connectivity index (χ3n) is 5.89. The van der Waals surface area contributed by atoms with E-state index in [1.807, 2.05) is 49.4 Å². The van der Waals surface area contributed by atoms with E-state index < -0.39 is 0 Å². The molecule has 1 saturated heterocycles. The maximum atomic E-state index is 6.10. The van der Waals surface area contributed by atoms with E-state index in [4.69, 9.17) is 19.2 Å². The number of rotatable bonds is 8. The van der Waals surface area contributed by atoms with Crippen LogP contribution in [0.1, 0.15) is 5.69 Å². The Morgan fingerprint density at radius 2 is 1.91 bits per heavy atom. The number of pyridine rings is 1. The first-order valence-electron chi connectivity index (χ1n) is 11.5. The summed E-state index contributed by atoms with van der Waals surface area (Å²) in [6.45, 7) is 6.99. The van der Waals surface area contributed by atoms with Gasteiger partial charge in [0.15, 0.2) is 5.82 Å². The molecule has 0 atom stereocenters. The van der Waals surface area contributed by atoms with E-state index in [0.717, 1.165) is 77.9 Å². The lowest BCUT2D eigenvalue weighted by molar-refractivity contribution is 0.0322. The number of H-pyrrole nitrogens is 1. The number of nitrogens with one attached hydrogen (secondary N) is 2. The second-order valence-electron chi connectivity index (χ2n) is 8.33. The molecule has 8 nitrogen and oxygen atoms in total. The minimum atomic E-state index is 0.636. The van der Waals surface area contributed by atoms with E-state index in [1.54, 1.807) is 7.11 Å². The largest absolute Gasteiger partial charge is 0.497 e. The molecule has 0 bridgehead atoms. The van der Waals surface area contributed by atoms with Crippen molar-refractivity contribution in [2.24, 2.45) is 0 Å². The van der Waals surface area contributed by atoms with Crippen molar-refractivity contribution in [2.45, 2.75) is 6.92 Å². The molecular weight excluding hydrogens is 430 g/mol. The van der Waals surface area contributed by atoms with Crippen LogP contribution in [0, 0.1) is 6.92 Å². The summed E-state index contributed by atoms with van der Waals surface area (Å²) in [7, 11) is 1.67. The van der Waals surface area contributed by atoms with Crippen LogP contribution >= 0.6 is 0 Å². The van der Waals surface area contributed by atoms with Crippen molar-refractivity contribution < 1.29 is 14.2 Å². The number of benzene rings is 2. The number of ether oxygens (including phenoxy) is 3. The third-order valence-corrected chi connectivity index (χ3v) is 5.89. The molecule has 5 rings (SSSR count). The van der Waals surface area contributed by atoms with Crippen LogP contribution < -0.4 is 14.8 Å². The maximum Gasteiger partial charge on any atom is 0.153 e. The number of aryl methyl sites for hydroxylation is 1. The first-order valence-corrected chi connectivity index (χ1v) is 11.5. The van der Waals surface area contributed by atoms with Crippen molar-refractivity contribution in [3.8, 4) is 22.8 Å². The summed E-state index contributed by atoms with van der Waals surface area (Å²) in [5, 5.41) is 12.6. The topological polar surface area (TPSA) is 84.5 Å². The van der Waals surface area contributed by atoms with Crippen molar-refractivity contribution in [3.63, 3.8) is 0 Å². The normalized spacial score (nSPS) is 14.3. The highest BCUT2D eigenvalue weighted by atomic mass is 16.5. The van der Waals surface area contributed by atoms with Crippen molar-refractivity contribution in [2.75, 3.05) is 51.9 Å². The molecular formula is C26H29N5O3. The van der Waals surface area contributed by atoms with Crippen LogP contribution in [0.2, 0.25) is 0 Å². The highest BCUT2D eigenvalue weighted by Gasteiger charge is 2.13. The molecule has 0 amide bonds. The molecule has 2 N–H and O–H groups in total. The molecule has 0 aliphatic carbocycles. The highest BCUT2D eigenvalue weighted by Crippen LogP contribution is 2.33. The van der Waals surface area contributed by atoms with Gasteiger partial charge in [-0.15, -0.1) is 0 Å². The Balaban J connectivity index is 1.46. The molecule has 3 heterocycles. The number of aromatic nitrogens is 3.